The van der Waals surface area contributed by atoms with Crippen molar-refractivity contribution < 1.29 is 25.2 Å². The van der Waals surface area contributed by atoms with Gasteiger partial charge in [0.25, 0.3) is 0 Å². The zero-order valence-electron chi connectivity index (χ0n) is 5.97. The van der Waals surface area contributed by atoms with Gasteiger partial charge in [0.2, 0.25) is 0 Å². The van der Waals surface area contributed by atoms with E-state index >= 15 is 0 Å². The number of carboxylic acid groups (broad SMARTS) is 1. The predicted octanol–water partition coefficient (Wildman–Crippen LogP) is -2.64. The molecule has 0 aromatic carbocycles. The van der Waals surface area contributed by atoms with E-state index in [0.29, 0.717) is 0 Å². The molecule has 0 rings (SSSR count). The summed E-state index contributed by atoms with van der Waals surface area (Å²) in [6.45, 7) is -1.01. The Morgan fingerprint density at radius 1 is 1.36 bits per heavy atom. The van der Waals surface area contributed by atoms with Crippen LogP contribution >= 0.6 is 0 Å². The molecule has 0 radical (unpaired) electrons. The first kappa shape index (κ1) is 12.9. The van der Waals surface area contributed by atoms with Crippen LogP contribution in [0, 0.1) is 0 Å². The molecule has 6 N–H and O–H groups in total. The van der Waals surface area contributed by atoms with Gasteiger partial charge in [0.1, 0.15) is 6.10 Å². The fourth-order valence-corrected chi connectivity index (χ4v) is 0.0577. The van der Waals surface area contributed by atoms with E-state index in [2.05, 4.69) is 5.73 Å². The molecule has 6 nitrogen and oxygen atoms in total. The lowest BCUT2D eigenvalue weighted by atomic mass is 10.4. The molecule has 0 aromatic rings. The maximum absolute atomic E-state index is 9.24. The van der Waals surface area contributed by atoms with Gasteiger partial charge in [-0.25, -0.2) is 0 Å². The molecule has 0 aliphatic carbocycles. The van der Waals surface area contributed by atoms with Gasteiger partial charge in [-0.05, 0) is 0 Å². The second kappa shape index (κ2) is 9.31. The largest absolute Gasteiger partial charge is 0.480 e. The first-order valence-corrected chi connectivity index (χ1v) is 2.90. The molecule has 0 aromatic heterocycles. The molecule has 0 fully saturated rings. The van der Waals surface area contributed by atoms with E-state index in [9.17, 15) is 4.79 Å². The summed E-state index contributed by atoms with van der Waals surface area (Å²) in [5, 5.41) is 31.6. The molecule has 0 aliphatic heterocycles. The first-order chi connectivity index (χ1) is 5.08. The maximum Gasteiger partial charge on any atom is 0.317 e. The van der Waals surface area contributed by atoms with E-state index in [0.717, 1.165) is 0 Å². The summed E-state index contributed by atoms with van der Waals surface area (Å²) in [7, 11) is 0. The van der Waals surface area contributed by atoms with Crippen LogP contribution in [0.4, 0.5) is 0 Å². The van der Waals surface area contributed by atoms with Gasteiger partial charge >= 0.3 is 5.97 Å². The predicted molar refractivity (Wildman–Crippen MR) is 36.9 cm³/mol. The van der Waals surface area contributed by atoms with Crippen LogP contribution in [0.2, 0.25) is 0 Å². The lowest BCUT2D eigenvalue weighted by Crippen LogP contribution is -2.15. The van der Waals surface area contributed by atoms with Gasteiger partial charge in [0, 0.05) is 0 Å². The van der Waals surface area contributed by atoms with Crippen molar-refractivity contribution in [1.82, 2.24) is 0 Å². The van der Waals surface area contributed by atoms with E-state index in [-0.39, 0.29) is 19.8 Å². The Kier molecular flexibility index (Phi) is 11.0. The van der Waals surface area contributed by atoms with Crippen LogP contribution in [0.15, 0.2) is 0 Å². The fourth-order valence-electron chi connectivity index (χ4n) is 0.0577. The van der Waals surface area contributed by atoms with Gasteiger partial charge < -0.3 is 26.2 Å². The number of rotatable bonds is 3. The highest BCUT2D eigenvalue weighted by atomic mass is 16.4. The van der Waals surface area contributed by atoms with Crippen molar-refractivity contribution in [1.29, 1.82) is 0 Å². The third-order valence-electron chi connectivity index (χ3n) is 0.596. The second-order valence-corrected chi connectivity index (χ2v) is 1.62. The number of aliphatic hydroxyl groups excluding tert-OH is 3. The van der Waals surface area contributed by atoms with Crippen molar-refractivity contribution in [2.45, 2.75) is 6.10 Å². The molecule has 11 heavy (non-hydrogen) atoms. The Morgan fingerprint density at radius 3 is 1.64 bits per heavy atom. The standard InChI is InChI=1S/C3H8O3.C2H5NO2/c4-1-3(6)2-5;3-1-2(4)5/h3-6H,1-2H2;1,3H2,(H,4,5). The zero-order chi connectivity index (χ0) is 9.28. The third-order valence-corrected chi connectivity index (χ3v) is 0.596. The first-order valence-electron chi connectivity index (χ1n) is 2.90. The van der Waals surface area contributed by atoms with E-state index < -0.39 is 12.1 Å². The monoisotopic (exact) mass is 167 g/mol. The Hall–Kier alpha value is -0.690. The minimum absolute atomic E-state index is 0.278. The molecular formula is C5H13NO5. The highest BCUT2D eigenvalue weighted by Gasteiger charge is 1.93. The van der Waals surface area contributed by atoms with Crippen molar-refractivity contribution in [3.63, 3.8) is 0 Å². The van der Waals surface area contributed by atoms with Crippen LogP contribution in [0.5, 0.6) is 0 Å². The second-order valence-electron chi connectivity index (χ2n) is 1.62. The average Bonchev–Trinajstić information content (AvgIpc) is 2.04. The van der Waals surface area contributed by atoms with E-state index in [4.69, 9.17) is 20.4 Å². The van der Waals surface area contributed by atoms with Gasteiger partial charge in [-0.1, -0.05) is 0 Å². The summed E-state index contributed by atoms with van der Waals surface area (Å²) in [6.07, 6.45) is -0.954. The van der Waals surface area contributed by atoms with Crippen molar-refractivity contribution in [2.24, 2.45) is 5.73 Å². The number of aliphatic hydroxyl groups is 3. The number of carboxylic acids is 1. The van der Waals surface area contributed by atoms with Gasteiger partial charge in [-0.3, -0.25) is 4.79 Å². The van der Waals surface area contributed by atoms with Crippen molar-refractivity contribution in [3.05, 3.63) is 0 Å². The SMILES string of the molecule is NCC(=O)O.OCC(O)CO. The summed E-state index contributed by atoms with van der Waals surface area (Å²) < 4.78 is 0. The summed E-state index contributed by atoms with van der Waals surface area (Å²) >= 11 is 0. The molecule has 0 atom stereocenters. The summed E-state index contributed by atoms with van der Waals surface area (Å²) in [5.74, 6) is -0.968. The molecule has 0 heterocycles. The summed E-state index contributed by atoms with van der Waals surface area (Å²) in [4.78, 5) is 9.24. The Morgan fingerprint density at radius 2 is 1.64 bits per heavy atom. The molecule has 0 saturated heterocycles. The van der Waals surface area contributed by atoms with Crippen LogP contribution in [0.25, 0.3) is 0 Å². The summed E-state index contributed by atoms with van der Waals surface area (Å²) in [5.41, 5.74) is 4.57. The van der Waals surface area contributed by atoms with Crippen molar-refractivity contribution in [3.8, 4) is 0 Å². The number of nitrogens with two attached hydrogens (primary N) is 1. The number of aliphatic carboxylic acids is 1. The van der Waals surface area contributed by atoms with Crippen LogP contribution in [-0.2, 0) is 4.79 Å². The molecule has 68 valence electrons. The van der Waals surface area contributed by atoms with Crippen LogP contribution < -0.4 is 5.73 Å². The van der Waals surface area contributed by atoms with Crippen LogP contribution in [0.1, 0.15) is 0 Å². The van der Waals surface area contributed by atoms with E-state index in [1.807, 2.05) is 0 Å². The maximum atomic E-state index is 9.24. The molecule has 0 aliphatic rings. The van der Waals surface area contributed by atoms with E-state index in [1.165, 1.54) is 0 Å². The Bertz CT molecular complexity index is 92.9. The summed E-state index contributed by atoms with van der Waals surface area (Å²) in [6, 6.07) is 0. The average molecular weight is 167 g/mol. The van der Waals surface area contributed by atoms with Gasteiger partial charge in [-0.15, -0.1) is 0 Å². The molecule has 0 bridgehead atoms. The Balaban J connectivity index is 0. The van der Waals surface area contributed by atoms with Gasteiger partial charge in [0.05, 0.1) is 19.8 Å². The van der Waals surface area contributed by atoms with Crippen molar-refractivity contribution >= 4 is 5.97 Å². The van der Waals surface area contributed by atoms with Crippen LogP contribution in [-0.4, -0.2) is 52.3 Å². The highest BCUT2D eigenvalue weighted by Crippen LogP contribution is 1.71. The topological polar surface area (TPSA) is 124 Å². The fraction of sp³-hybridized carbons (Fsp3) is 0.800. The smallest absolute Gasteiger partial charge is 0.317 e. The zero-order valence-corrected chi connectivity index (χ0v) is 5.97. The minimum Gasteiger partial charge on any atom is -0.480 e. The van der Waals surface area contributed by atoms with Crippen molar-refractivity contribution in [2.75, 3.05) is 19.8 Å². The molecule has 0 saturated carbocycles. The quantitative estimate of drug-likeness (QED) is 0.313. The normalized spacial score (nSPS) is 8.82. The number of hydrogen-bond acceptors (Lipinski definition) is 5. The number of hydrogen-bond donors (Lipinski definition) is 5. The molecule has 0 unspecified atom stereocenters. The Labute approximate surface area is 63.9 Å². The molecule has 0 amide bonds. The lowest BCUT2D eigenvalue weighted by molar-refractivity contribution is -0.135. The minimum atomic E-state index is -0.968. The van der Waals surface area contributed by atoms with E-state index in [1.54, 1.807) is 0 Å². The molecule has 6 heteroatoms. The van der Waals surface area contributed by atoms with Gasteiger partial charge in [0.15, 0.2) is 0 Å². The molecular weight excluding hydrogens is 154 g/mol. The lowest BCUT2D eigenvalue weighted by Gasteiger charge is -1.96. The number of carbonyl (C=O) groups is 1. The van der Waals surface area contributed by atoms with Gasteiger partial charge in [-0.2, -0.15) is 0 Å². The van der Waals surface area contributed by atoms with Crippen LogP contribution in [0.3, 0.4) is 0 Å². The highest BCUT2D eigenvalue weighted by molar-refractivity contribution is 5.68. The molecule has 0 spiro atoms. The third kappa shape index (κ3) is 17.6.